The number of para-hydroxylation sites is 1. The summed E-state index contributed by atoms with van der Waals surface area (Å²) in [5.74, 6) is -0.0277. The maximum absolute atomic E-state index is 12.7. The van der Waals surface area contributed by atoms with Gasteiger partial charge in [-0.3, -0.25) is 4.79 Å². The fourth-order valence-corrected chi connectivity index (χ4v) is 4.08. The highest BCUT2D eigenvalue weighted by molar-refractivity contribution is 6.30. The van der Waals surface area contributed by atoms with Crippen LogP contribution in [0.4, 0.5) is 0 Å². The van der Waals surface area contributed by atoms with E-state index in [1.54, 1.807) is 9.69 Å². The Labute approximate surface area is 175 Å². The molecule has 0 fully saturated rings. The molecule has 0 spiro atoms. The molecule has 0 radical (unpaired) electrons. The smallest absolute Gasteiger partial charge is 0.242 e. The van der Waals surface area contributed by atoms with E-state index in [1.807, 2.05) is 56.3 Å². The summed E-state index contributed by atoms with van der Waals surface area (Å²) >= 11 is 6.78. The Balaban J connectivity index is 1.75. The third-order valence-corrected chi connectivity index (χ3v) is 5.60. The summed E-state index contributed by atoms with van der Waals surface area (Å²) < 4.78 is 1.73. The van der Waals surface area contributed by atoms with E-state index in [9.17, 15) is 4.79 Å². The summed E-state index contributed by atoms with van der Waals surface area (Å²) in [4.78, 5) is 12.7. The minimum absolute atomic E-state index is 0.0277. The molecule has 3 aromatic rings. The van der Waals surface area contributed by atoms with Crippen LogP contribution >= 0.6 is 11.6 Å². The molecule has 0 aliphatic carbocycles. The lowest BCUT2D eigenvalue weighted by molar-refractivity contribution is -0.132. The lowest BCUT2D eigenvalue weighted by Crippen LogP contribution is -2.26. The van der Waals surface area contributed by atoms with Crippen LogP contribution < -0.4 is 0 Å². The zero-order chi connectivity index (χ0) is 20.5. The molecule has 0 bridgehead atoms. The maximum Gasteiger partial charge on any atom is 0.242 e. The zero-order valence-electron chi connectivity index (χ0n) is 16.8. The highest BCUT2D eigenvalue weighted by Gasteiger charge is 2.36. The van der Waals surface area contributed by atoms with Gasteiger partial charge < -0.3 is 0 Å². The third kappa shape index (κ3) is 3.58. The van der Waals surface area contributed by atoms with Crippen molar-refractivity contribution in [3.8, 4) is 5.69 Å². The van der Waals surface area contributed by atoms with Gasteiger partial charge in [-0.2, -0.15) is 10.2 Å². The van der Waals surface area contributed by atoms with Crippen molar-refractivity contribution in [2.75, 3.05) is 0 Å². The van der Waals surface area contributed by atoms with Crippen LogP contribution in [0, 0.1) is 13.8 Å². The highest BCUT2D eigenvalue weighted by atomic mass is 35.5. The molecule has 4 rings (SSSR count). The van der Waals surface area contributed by atoms with Gasteiger partial charge in [0.1, 0.15) is 5.15 Å². The Morgan fingerprint density at radius 3 is 2.45 bits per heavy atom. The highest BCUT2D eigenvalue weighted by Crippen LogP contribution is 2.39. The Morgan fingerprint density at radius 1 is 1.10 bits per heavy atom. The van der Waals surface area contributed by atoms with Crippen LogP contribution in [-0.2, 0) is 4.79 Å². The van der Waals surface area contributed by atoms with Crippen molar-refractivity contribution < 1.29 is 4.79 Å². The maximum atomic E-state index is 12.7. The lowest BCUT2D eigenvalue weighted by atomic mass is 9.98. The Morgan fingerprint density at radius 2 is 1.79 bits per heavy atom. The van der Waals surface area contributed by atoms with E-state index >= 15 is 0 Å². The van der Waals surface area contributed by atoms with Gasteiger partial charge in [0.2, 0.25) is 5.91 Å². The molecule has 5 nitrogen and oxygen atoms in total. The van der Waals surface area contributed by atoms with Gasteiger partial charge in [0.15, 0.2) is 0 Å². The molecule has 0 N–H and O–H groups in total. The monoisotopic (exact) mass is 406 g/mol. The number of carbonyl (C=O) groups is 1. The van der Waals surface area contributed by atoms with Crippen LogP contribution in [0.25, 0.3) is 5.69 Å². The summed E-state index contributed by atoms with van der Waals surface area (Å²) in [6.45, 7) is 5.83. The fourth-order valence-electron chi connectivity index (χ4n) is 3.68. The van der Waals surface area contributed by atoms with Gasteiger partial charge in [0, 0.05) is 18.4 Å². The van der Waals surface area contributed by atoms with Crippen LogP contribution in [-0.4, -0.2) is 26.4 Å². The van der Waals surface area contributed by atoms with E-state index in [-0.39, 0.29) is 11.9 Å². The first-order valence-corrected chi connectivity index (χ1v) is 10.1. The summed E-state index contributed by atoms with van der Waals surface area (Å²) in [6, 6.07) is 17.7. The minimum atomic E-state index is -0.260. The number of hydrogen-bond acceptors (Lipinski definition) is 3. The van der Waals surface area contributed by atoms with Crippen LogP contribution in [0.5, 0.6) is 0 Å². The number of hydrogen-bond donors (Lipinski definition) is 0. The Kier molecular flexibility index (Phi) is 5.24. The number of halogens is 1. The molecule has 148 valence electrons. The average molecular weight is 407 g/mol. The number of amides is 1. The summed E-state index contributed by atoms with van der Waals surface area (Å²) in [7, 11) is 0. The molecule has 2 aromatic carbocycles. The summed E-state index contributed by atoms with van der Waals surface area (Å²) in [5.41, 5.74) is 5.64. The van der Waals surface area contributed by atoms with Crippen LogP contribution in [0.15, 0.2) is 59.7 Å². The van der Waals surface area contributed by atoms with E-state index in [4.69, 9.17) is 11.6 Å². The number of carbonyl (C=O) groups excluding carboxylic acids is 1. The van der Waals surface area contributed by atoms with E-state index in [0.717, 1.165) is 28.2 Å². The molecule has 1 aliphatic heterocycles. The van der Waals surface area contributed by atoms with Crippen LogP contribution in [0.1, 0.15) is 48.2 Å². The Hall–Kier alpha value is -2.92. The molecule has 1 unspecified atom stereocenters. The quantitative estimate of drug-likeness (QED) is 0.595. The van der Waals surface area contributed by atoms with Crippen molar-refractivity contribution >= 4 is 23.2 Å². The largest absolute Gasteiger partial charge is 0.273 e. The van der Waals surface area contributed by atoms with Gasteiger partial charge in [-0.15, -0.1) is 0 Å². The number of hydrazone groups is 1. The fraction of sp³-hybridized carbons (Fsp3) is 0.261. The second-order valence-electron chi connectivity index (χ2n) is 7.26. The first-order chi connectivity index (χ1) is 14.0. The Bertz CT molecular complexity index is 1070. The molecular formula is C23H23ClN4O. The van der Waals surface area contributed by atoms with Crippen molar-refractivity contribution in [1.82, 2.24) is 14.8 Å². The van der Waals surface area contributed by atoms with Crippen molar-refractivity contribution in [2.45, 2.75) is 39.7 Å². The molecule has 1 aliphatic rings. The first-order valence-electron chi connectivity index (χ1n) is 9.76. The lowest BCUT2D eigenvalue weighted by Gasteiger charge is -2.21. The van der Waals surface area contributed by atoms with Crippen molar-refractivity contribution in [3.63, 3.8) is 0 Å². The molecule has 1 atom stereocenters. The number of aryl methyl sites for hydroxylation is 2. The predicted molar refractivity (Wildman–Crippen MR) is 116 cm³/mol. The molecular weight excluding hydrogens is 384 g/mol. The number of benzene rings is 2. The molecule has 1 amide bonds. The second-order valence-corrected chi connectivity index (χ2v) is 7.62. The first kappa shape index (κ1) is 19.4. The number of nitrogens with zero attached hydrogens (tertiary/aromatic N) is 4. The molecule has 0 saturated heterocycles. The standard InChI is InChI=1S/C23H23ClN4O/c1-4-21(29)28-20(14-19(26-28)17-12-10-15(2)11-13-17)22-16(3)25-27(23(22)24)18-8-6-5-7-9-18/h5-13,20H,4,14H2,1-3H3. The topological polar surface area (TPSA) is 50.5 Å². The number of rotatable bonds is 4. The van der Waals surface area contributed by atoms with Gasteiger partial charge in [-0.1, -0.05) is 66.6 Å². The second kappa shape index (κ2) is 7.84. The molecule has 1 aromatic heterocycles. The molecule has 6 heteroatoms. The van der Waals surface area contributed by atoms with E-state index in [0.29, 0.717) is 18.0 Å². The van der Waals surface area contributed by atoms with Crippen LogP contribution in [0.2, 0.25) is 5.15 Å². The zero-order valence-corrected chi connectivity index (χ0v) is 17.5. The minimum Gasteiger partial charge on any atom is -0.273 e. The molecule has 29 heavy (non-hydrogen) atoms. The molecule has 2 heterocycles. The van der Waals surface area contributed by atoms with Crippen molar-refractivity contribution in [3.05, 3.63) is 82.1 Å². The average Bonchev–Trinajstić information content (AvgIpc) is 3.29. The van der Waals surface area contributed by atoms with Crippen molar-refractivity contribution in [1.29, 1.82) is 0 Å². The normalized spacial score (nSPS) is 16.2. The van der Waals surface area contributed by atoms with Gasteiger partial charge in [-0.25, -0.2) is 9.69 Å². The van der Waals surface area contributed by atoms with Gasteiger partial charge in [0.05, 0.1) is 23.1 Å². The van der Waals surface area contributed by atoms with Gasteiger partial charge in [-0.05, 0) is 31.5 Å². The van der Waals surface area contributed by atoms with E-state index in [2.05, 4.69) is 29.3 Å². The van der Waals surface area contributed by atoms with Gasteiger partial charge >= 0.3 is 0 Å². The van der Waals surface area contributed by atoms with E-state index in [1.165, 1.54) is 5.56 Å². The van der Waals surface area contributed by atoms with E-state index < -0.39 is 0 Å². The predicted octanol–water partition coefficient (Wildman–Crippen LogP) is 5.23. The van der Waals surface area contributed by atoms with Crippen molar-refractivity contribution in [2.24, 2.45) is 5.10 Å². The molecule has 0 saturated carbocycles. The SMILES string of the molecule is CCC(=O)N1N=C(c2ccc(C)cc2)CC1c1c(C)nn(-c2ccccc2)c1Cl. The van der Waals surface area contributed by atoms with Crippen LogP contribution in [0.3, 0.4) is 0 Å². The summed E-state index contributed by atoms with van der Waals surface area (Å²) in [6.07, 6.45) is 0.987. The summed E-state index contributed by atoms with van der Waals surface area (Å²) in [5, 5.41) is 11.4. The number of aromatic nitrogens is 2. The third-order valence-electron chi connectivity index (χ3n) is 5.24. The van der Waals surface area contributed by atoms with Gasteiger partial charge in [0.25, 0.3) is 0 Å².